The van der Waals surface area contributed by atoms with Crippen LogP contribution < -0.4 is 9.80 Å². The van der Waals surface area contributed by atoms with E-state index in [4.69, 9.17) is 0 Å². The van der Waals surface area contributed by atoms with Gasteiger partial charge in [0.1, 0.15) is 11.6 Å². The lowest BCUT2D eigenvalue weighted by molar-refractivity contribution is 0.628. The number of anilines is 6. The molecular formula is C55H48F2N2Si2. The molecule has 9 aromatic rings. The van der Waals surface area contributed by atoms with Crippen molar-refractivity contribution in [1.29, 1.82) is 0 Å². The van der Waals surface area contributed by atoms with Crippen LogP contribution in [0.3, 0.4) is 0 Å². The highest BCUT2D eigenvalue weighted by atomic mass is 28.4. The normalized spacial score (nSPS) is 13.4. The van der Waals surface area contributed by atoms with E-state index in [1.165, 1.54) is 44.5 Å². The van der Waals surface area contributed by atoms with Crippen molar-refractivity contribution in [3.8, 4) is 11.1 Å². The van der Waals surface area contributed by atoms with Gasteiger partial charge < -0.3 is 9.80 Å². The second-order valence-electron chi connectivity index (χ2n) is 18.4. The van der Waals surface area contributed by atoms with Gasteiger partial charge in [-0.3, -0.25) is 0 Å². The quantitative estimate of drug-likeness (QED) is 0.111. The Morgan fingerprint density at radius 3 is 1.38 bits per heavy atom. The van der Waals surface area contributed by atoms with Gasteiger partial charge in [-0.15, -0.1) is 0 Å². The predicted molar refractivity (Wildman–Crippen MR) is 261 cm³/mol. The molecule has 0 aliphatic heterocycles. The first-order valence-electron chi connectivity index (χ1n) is 21.2. The Labute approximate surface area is 359 Å². The summed E-state index contributed by atoms with van der Waals surface area (Å²) in [6.45, 7) is 15.3. The fourth-order valence-corrected chi connectivity index (χ4v) is 24.2. The van der Waals surface area contributed by atoms with Gasteiger partial charge in [0.05, 0.1) is 33.2 Å². The summed E-state index contributed by atoms with van der Waals surface area (Å²) in [6.07, 6.45) is 0. The van der Waals surface area contributed by atoms with E-state index in [1.807, 2.05) is 77.7 Å². The van der Waals surface area contributed by atoms with Gasteiger partial charge in [-0.25, -0.2) is 8.78 Å². The minimum atomic E-state index is -2.27. The molecule has 9 aromatic carbocycles. The minimum absolute atomic E-state index is 0.270. The first-order valence-corrected chi connectivity index (χ1v) is 28.2. The molecule has 0 heterocycles. The third kappa shape index (κ3) is 5.83. The van der Waals surface area contributed by atoms with Crippen molar-refractivity contribution in [3.05, 3.63) is 205 Å². The van der Waals surface area contributed by atoms with Crippen LogP contribution in [0.5, 0.6) is 0 Å². The van der Waals surface area contributed by atoms with Crippen molar-refractivity contribution in [2.24, 2.45) is 0 Å². The smallest absolute Gasteiger partial charge is 0.147 e. The largest absolute Gasteiger partial charge is 0.308 e. The fourth-order valence-electron chi connectivity index (χ4n) is 11.1. The summed E-state index contributed by atoms with van der Waals surface area (Å²) in [6, 6.07) is 61.4. The van der Waals surface area contributed by atoms with Crippen molar-refractivity contribution < 1.29 is 8.78 Å². The molecule has 0 fully saturated rings. The second-order valence-corrected chi connectivity index (χ2v) is 29.4. The Morgan fingerprint density at radius 1 is 0.361 bits per heavy atom. The van der Waals surface area contributed by atoms with Crippen LogP contribution >= 0.6 is 0 Å². The first-order chi connectivity index (χ1) is 29.4. The molecule has 61 heavy (non-hydrogen) atoms. The topological polar surface area (TPSA) is 6.48 Å². The van der Waals surface area contributed by atoms with Gasteiger partial charge >= 0.3 is 0 Å². The lowest BCUT2D eigenvalue weighted by Crippen LogP contribution is -2.63. The van der Waals surface area contributed by atoms with E-state index in [0.29, 0.717) is 11.4 Å². The Balaban J connectivity index is 1.36. The van der Waals surface area contributed by atoms with Crippen molar-refractivity contribution in [3.63, 3.8) is 0 Å². The summed E-state index contributed by atoms with van der Waals surface area (Å²) in [7, 11) is -4.54. The number of hydrogen-bond donors (Lipinski definition) is 0. The molecule has 300 valence electrons. The molecule has 0 amide bonds. The van der Waals surface area contributed by atoms with E-state index in [-0.39, 0.29) is 16.3 Å². The number of halogens is 2. The van der Waals surface area contributed by atoms with Crippen LogP contribution in [0, 0.1) is 11.6 Å². The highest BCUT2D eigenvalue weighted by Crippen LogP contribution is 2.64. The lowest BCUT2D eigenvalue weighted by atomic mass is 9.89. The zero-order chi connectivity index (χ0) is 42.3. The number of para-hydroxylation sites is 4. The number of benzene rings is 9. The number of fused-ring (bicyclic) bond motifs is 10. The van der Waals surface area contributed by atoms with Gasteiger partial charge in [-0.2, -0.15) is 0 Å². The zero-order valence-electron chi connectivity index (χ0n) is 35.5. The molecular weight excluding hydrogens is 783 g/mol. The van der Waals surface area contributed by atoms with Crippen molar-refractivity contribution >= 4 is 82.6 Å². The maximum absolute atomic E-state index is 16.3. The molecule has 0 atom stereocenters. The van der Waals surface area contributed by atoms with E-state index in [0.717, 1.165) is 38.9 Å². The molecule has 2 nitrogen and oxygen atoms in total. The highest BCUT2D eigenvalue weighted by molar-refractivity contribution is 7.00. The van der Waals surface area contributed by atoms with E-state index in [2.05, 4.69) is 129 Å². The summed E-state index contributed by atoms with van der Waals surface area (Å²) in [5.41, 5.74) is 10.0. The summed E-state index contributed by atoms with van der Waals surface area (Å²) >= 11 is 0. The summed E-state index contributed by atoms with van der Waals surface area (Å²) in [5.74, 6) is -0.548. The second kappa shape index (κ2) is 14.4. The van der Waals surface area contributed by atoms with E-state index in [1.54, 1.807) is 18.2 Å². The monoisotopic (exact) mass is 830 g/mol. The molecule has 0 N–H and O–H groups in total. The highest BCUT2D eigenvalue weighted by Gasteiger charge is 2.60. The van der Waals surface area contributed by atoms with Crippen molar-refractivity contribution in [1.82, 2.24) is 0 Å². The first kappa shape index (κ1) is 38.8. The number of nitrogens with zero attached hydrogens (tertiary/aromatic N) is 2. The molecule has 0 spiro atoms. The Kier molecular flexibility index (Phi) is 9.16. The third-order valence-electron chi connectivity index (χ3n) is 13.0. The van der Waals surface area contributed by atoms with Crippen LogP contribution in [0.1, 0.15) is 11.1 Å². The SMILES string of the molecule is C[Si](C)(C)C1([Si](C)(C)C)c2cc(N(c3ccccc3)c3ccccc3F)c3ccccc3c2-c2c1c1ccc(N(c3ccccc3)c3ccccc3F)cc1c1ccccc21. The Bertz CT molecular complexity index is 3140. The average Bonchev–Trinajstić information content (AvgIpc) is 3.60. The molecule has 6 heteroatoms. The third-order valence-corrected chi connectivity index (χ3v) is 23.1. The summed E-state index contributed by atoms with van der Waals surface area (Å²) in [5, 5.41) is 7.01. The lowest BCUT2D eigenvalue weighted by Gasteiger charge is -2.52. The summed E-state index contributed by atoms with van der Waals surface area (Å²) < 4.78 is 31.8. The van der Waals surface area contributed by atoms with Gasteiger partial charge in [0.15, 0.2) is 0 Å². The number of hydrogen-bond acceptors (Lipinski definition) is 2. The Morgan fingerprint density at radius 2 is 0.820 bits per heavy atom. The van der Waals surface area contributed by atoms with Crippen molar-refractivity contribution in [2.75, 3.05) is 9.80 Å². The standard InChI is InChI=1S/C55H48F2N2Si2/c1-60(2,3)55(61(4,5)6)46-36-51(59(38-23-11-8-12-24-38)50-32-20-18-30-48(50)57)41-26-14-16-28-43(41)52(46)53-42-27-15-13-25-40(42)45-35-39(33-34-44(45)54(53)55)58(37-21-9-7-10-22-37)49-31-19-17-29-47(49)56/h7-36H,1-6H3. The van der Waals surface area contributed by atoms with Gasteiger partial charge in [0, 0.05) is 27.1 Å². The maximum atomic E-state index is 16.3. The van der Waals surface area contributed by atoms with Gasteiger partial charge in [-0.1, -0.05) is 155 Å². The van der Waals surface area contributed by atoms with Gasteiger partial charge in [-0.05, 0) is 116 Å². The molecule has 0 saturated carbocycles. The predicted octanol–water partition coefficient (Wildman–Crippen LogP) is 16.4. The van der Waals surface area contributed by atoms with Crippen LogP contribution in [-0.4, -0.2) is 16.1 Å². The van der Waals surface area contributed by atoms with Gasteiger partial charge in [0.25, 0.3) is 0 Å². The van der Waals surface area contributed by atoms with Crippen LogP contribution in [-0.2, 0) is 4.66 Å². The van der Waals surface area contributed by atoms with Gasteiger partial charge in [0.2, 0.25) is 0 Å². The fraction of sp³-hybridized carbons (Fsp3) is 0.127. The molecule has 0 bridgehead atoms. The van der Waals surface area contributed by atoms with Crippen LogP contribution in [0.15, 0.2) is 182 Å². The number of rotatable bonds is 8. The van der Waals surface area contributed by atoms with Crippen LogP contribution in [0.4, 0.5) is 42.9 Å². The molecule has 0 unspecified atom stereocenters. The van der Waals surface area contributed by atoms with Crippen molar-refractivity contribution in [2.45, 2.75) is 43.9 Å². The van der Waals surface area contributed by atoms with E-state index < -0.39 is 16.1 Å². The molecule has 0 radical (unpaired) electrons. The molecule has 1 aliphatic rings. The van der Waals surface area contributed by atoms with E-state index in [9.17, 15) is 0 Å². The molecule has 1 aliphatic carbocycles. The summed E-state index contributed by atoms with van der Waals surface area (Å²) in [4.78, 5) is 4.17. The molecule has 10 rings (SSSR count). The van der Waals surface area contributed by atoms with Crippen LogP contribution in [0.2, 0.25) is 39.3 Å². The zero-order valence-corrected chi connectivity index (χ0v) is 37.5. The Hall–Kier alpha value is -6.35. The van der Waals surface area contributed by atoms with Crippen LogP contribution in [0.25, 0.3) is 43.4 Å². The molecule has 0 saturated heterocycles. The van der Waals surface area contributed by atoms with E-state index >= 15 is 8.78 Å². The molecule has 0 aromatic heterocycles. The average molecular weight is 831 g/mol. The maximum Gasteiger partial charge on any atom is 0.147 e. The minimum Gasteiger partial charge on any atom is -0.308 e.